The average Bonchev–Trinajstić information content (AvgIpc) is 3.30. The van der Waals surface area contributed by atoms with Crippen molar-refractivity contribution in [3.63, 3.8) is 0 Å². The molecule has 6 rings (SSSR count). The van der Waals surface area contributed by atoms with E-state index in [0.29, 0.717) is 24.0 Å². The molecule has 0 amide bonds. The van der Waals surface area contributed by atoms with Gasteiger partial charge in [0.2, 0.25) is 11.8 Å². The molecule has 1 aliphatic rings. The van der Waals surface area contributed by atoms with Crippen molar-refractivity contribution >= 4 is 17.4 Å². The van der Waals surface area contributed by atoms with E-state index in [4.69, 9.17) is 4.74 Å². The lowest BCUT2D eigenvalue weighted by Crippen LogP contribution is -2.31. The van der Waals surface area contributed by atoms with Gasteiger partial charge >= 0.3 is 0 Å². The molecule has 0 aliphatic carbocycles. The Hall–Kier alpha value is -4.50. The lowest BCUT2D eigenvalue weighted by molar-refractivity contribution is 0.236. The Morgan fingerprint density at radius 3 is 2.49 bits per heavy atom. The van der Waals surface area contributed by atoms with E-state index in [9.17, 15) is 5.11 Å². The van der Waals surface area contributed by atoms with Gasteiger partial charge in [0.05, 0.1) is 5.69 Å². The standard InChI is InChI=1S/C26H23N7O2/c34-24-22-17-32(16-18-4-2-1-3-5-18)15-12-23(22)29-26-30-25(31-33(24)26)28-19-6-8-20(9-7-19)35-21-10-13-27-14-11-21/h1-11,13-14,34H,12,15-17H2,(H,28,31). The third-order valence-corrected chi connectivity index (χ3v) is 5.94. The third-order valence-electron chi connectivity index (χ3n) is 5.94. The Morgan fingerprint density at radius 2 is 1.69 bits per heavy atom. The van der Waals surface area contributed by atoms with E-state index >= 15 is 0 Å². The molecule has 3 aromatic heterocycles. The summed E-state index contributed by atoms with van der Waals surface area (Å²) in [6.45, 7) is 2.31. The Balaban J connectivity index is 1.19. The summed E-state index contributed by atoms with van der Waals surface area (Å²) in [7, 11) is 0. The molecule has 0 radical (unpaired) electrons. The van der Waals surface area contributed by atoms with E-state index < -0.39 is 0 Å². The fraction of sp³-hybridized carbons (Fsp3) is 0.154. The smallest absolute Gasteiger partial charge is 0.257 e. The Kier molecular flexibility index (Phi) is 5.44. The van der Waals surface area contributed by atoms with Crippen LogP contribution >= 0.6 is 0 Å². The summed E-state index contributed by atoms with van der Waals surface area (Å²) in [5.74, 6) is 2.24. The quantitative estimate of drug-likeness (QED) is 0.382. The molecule has 174 valence electrons. The maximum absolute atomic E-state index is 11.0. The highest BCUT2D eigenvalue weighted by Gasteiger charge is 2.24. The van der Waals surface area contributed by atoms with Gasteiger partial charge < -0.3 is 15.2 Å². The number of aromatic hydroxyl groups is 1. The first-order chi connectivity index (χ1) is 17.2. The molecule has 0 fully saturated rings. The van der Waals surface area contributed by atoms with Crippen molar-refractivity contribution < 1.29 is 9.84 Å². The molecule has 0 bridgehead atoms. The number of rotatable bonds is 6. The second kappa shape index (κ2) is 9.03. The lowest BCUT2D eigenvalue weighted by atomic mass is 10.1. The van der Waals surface area contributed by atoms with Crippen LogP contribution in [0.4, 0.5) is 11.6 Å². The number of aromatic nitrogens is 5. The Labute approximate surface area is 201 Å². The summed E-state index contributed by atoms with van der Waals surface area (Å²) in [4.78, 5) is 15.4. The molecule has 0 atom stereocenters. The van der Waals surface area contributed by atoms with Gasteiger partial charge in [0.25, 0.3) is 5.78 Å². The summed E-state index contributed by atoms with van der Waals surface area (Å²) in [6.07, 6.45) is 4.12. The molecular formula is C26H23N7O2. The third kappa shape index (κ3) is 4.49. The van der Waals surface area contributed by atoms with E-state index in [1.807, 2.05) is 42.5 Å². The molecule has 5 aromatic rings. The molecule has 2 N–H and O–H groups in total. The second-order valence-corrected chi connectivity index (χ2v) is 8.39. The van der Waals surface area contributed by atoms with Gasteiger partial charge in [0, 0.05) is 49.7 Å². The zero-order chi connectivity index (χ0) is 23.6. The number of pyridine rings is 1. The van der Waals surface area contributed by atoms with Crippen LogP contribution in [0.5, 0.6) is 17.4 Å². The average molecular weight is 466 g/mol. The maximum Gasteiger partial charge on any atom is 0.257 e. The van der Waals surface area contributed by atoms with Gasteiger partial charge in [-0.05, 0) is 42.0 Å². The SMILES string of the molecule is Oc1c2c(nc3nc(Nc4ccc(Oc5ccncc5)cc4)nn13)CCN(Cc1ccccc1)C2. The molecule has 35 heavy (non-hydrogen) atoms. The zero-order valence-corrected chi connectivity index (χ0v) is 18.9. The van der Waals surface area contributed by atoms with Crippen molar-refractivity contribution in [3.05, 3.63) is 95.9 Å². The molecule has 0 saturated carbocycles. The van der Waals surface area contributed by atoms with Crippen molar-refractivity contribution in [2.45, 2.75) is 19.5 Å². The van der Waals surface area contributed by atoms with E-state index in [-0.39, 0.29) is 5.88 Å². The molecule has 0 spiro atoms. The Bertz CT molecular complexity index is 1450. The van der Waals surface area contributed by atoms with Gasteiger partial charge in [-0.15, -0.1) is 5.10 Å². The summed E-state index contributed by atoms with van der Waals surface area (Å²) < 4.78 is 7.20. The zero-order valence-electron chi connectivity index (χ0n) is 18.9. The fourth-order valence-electron chi connectivity index (χ4n) is 4.21. The molecule has 0 unspecified atom stereocenters. The highest BCUT2D eigenvalue weighted by Crippen LogP contribution is 2.29. The maximum atomic E-state index is 11.0. The van der Waals surface area contributed by atoms with Crippen LogP contribution in [0.25, 0.3) is 5.78 Å². The number of benzene rings is 2. The Morgan fingerprint density at radius 1 is 0.914 bits per heavy atom. The fourth-order valence-corrected chi connectivity index (χ4v) is 4.21. The van der Waals surface area contributed by atoms with Gasteiger partial charge in [0.15, 0.2) is 0 Å². The summed E-state index contributed by atoms with van der Waals surface area (Å²) >= 11 is 0. The normalized spacial score (nSPS) is 13.5. The van der Waals surface area contributed by atoms with E-state index in [1.54, 1.807) is 24.5 Å². The lowest BCUT2D eigenvalue weighted by Gasteiger charge is -2.28. The summed E-state index contributed by atoms with van der Waals surface area (Å²) in [5, 5.41) is 18.6. The number of ether oxygens (including phenoxy) is 1. The summed E-state index contributed by atoms with van der Waals surface area (Å²) in [5.41, 5.74) is 3.71. The van der Waals surface area contributed by atoms with Crippen LogP contribution in [-0.2, 0) is 19.5 Å². The van der Waals surface area contributed by atoms with E-state index in [2.05, 4.69) is 42.4 Å². The minimum absolute atomic E-state index is 0.0874. The van der Waals surface area contributed by atoms with E-state index in [1.165, 1.54) is 10.1 Å². The van der Waals surface area contributed by atoms with Crippen LogP contribution in [-0.4, -0.2) is 41.1 Å². The number of hydrogen-bond acceptors (Lipinski definition) is 8. The monoisotopic (exact) mass is 465 g/mol. The largest absolute Gasteiger partial charge is 0.493 e. The van der Waals surface area contributed by atoms with Crippen LogP contribution in [0.3, 0.4) is 0 Å². The van der Waals surface area contributed by atoms with E-state index in [0.717, 1.165) is 42.2 Å². The summed E-state index contributed by atoms with van der Waals surface area (Å²) in [6, 6.07) is 21.4. The molecular weight excluding hydrogens is 442 g/mol. The van der Waals surface area contributed by atoms with Crippen molar-refractivity contribution in [2.75, 3.05) is 11.9 Å². The predicted molar refractivity (Wildman–Crippen MR) is 131 cm³/mol. The number of hydrogen-bond donors (Lipinski definition) is 2. The van der Waals surface area contributed by atoms with Crippen LogP contribution in [0.2, 0.25) is 0 Å². The van der Waals surface area contributed by atoms with Gasteiger partial charge in [-0.2, -0.15) is 9.50 Å². The molecule has 0 saturated heterocycles. The van der Waals surface area contributed by atoms with Crippen LogP contribution in [0.15, 0.2) is 79.1 Å². The highest BCUT2D eigenvalue weighted by molar-refractivity contribution is 5.57. The minimum Gasteiger partial charge on any atom is -0.493 e. The number of nitrogens with one attached hydrogen (secondary N) is 1. The molecule has 9 heteroatoms. The van der Waals surface area contributed by atoms with Gasteiger partial charge in [-0.1, -0.05) is 30.3 Å². The van der Waals surface area contributed by atoms with Crippen molar-refractivity contribution in [3.8, 4) is 17.4 Å². The topological polar surface area (TPSA) is 101 Å². The molecule has 2 aromatic carbocycles. The first-order valence-electron chi connectivity index (χ1n) is 11.4. The molecule has 1 aliphatic heterocycles. The number of nitrogens with zero attached hydrogens (tertiary/aromatic N) is 6. The van der Waals surface area contributed by atoms with Crippen LogP contribution < -0.4 is 10.1 Å². The predicted octanol–water partition coefficient (Wildman–Crippen LogP) is 4.32. The second-order valence-electron chi connectivity index (χ2n) is 8.39. The number of fused-ring (bicyclic) bond motifs is 2. The van der Waals surface area contributed by atoms with Crippen molar-refractivity contribution in [2.24, 2.45) is 0 Å². The first-order valence-corrected chi connectivity index (χ1v) is 11.4. The van der Waals surface area contributed by atoms with Crippen molar-refractivity contribution in [1.29, 1.82) is 0 Å². The van der Waals surface area contributed by atoms with Crippen LogP contribution in [0, 0.1) is 0 Å². The van der Waals surface area contributed by atoms with Crippen LogP contribution in [0.1, 0.15) is 16.8 Å². The van der Waals surface area contributed by atoms with Gasteiger partial charge in [-0.25, -0.2) is 4.98 Å². The molecule has 9 nitrogen and oxygen atoms in total. The van der Waals surface area contributed by atoms with Gasteiger partial charge in [-0.3, -0.25) is 9.88 Å². The molecule has 4 heterocycles. The van der Waals surface area contributed by atoms with Crippen molar-refractivity contribution in [1.82, 2.24) is 29.5 Å². The van der Waals surface area contributed by atoms with Gasteiger partial charge in [0.1, 0.15) is 11.5 Å². The number of anilines is 2. The first kappa shape index (κ1) is 21.1. The minimum atomic E-state index is 0.0874. The highest BCUT2D eigenvalue weighted by atomic mass is 16.5.